The largest absolute Gasteiger partial charge is 0.310 e. The van der Waals surface area contributed by atoms with E-state index in [9.17, 15) is 8.78 Å². The lowest BCUT2D eigenvalue weighted by Crippen LogP contribution is -2.28. The molecule has 90 valence electrons. The Morgan fingerprint density at radius 2 is 2.00 bits per heavy atom. The summed E-state index contributed by atoms with van der Waals surface area (Å²) in [7, 11) is 0. The molecule has 1 aromatic carbocycles. The lowest BCUT2D eigenvalue weighted by molar-refractivity contribution is 0.472. The van der Waals surface area contributed by atoms with E-state index in [1.54, 1.807) is 6.07 Å². The summed E-state index contributed by atoms with van der Waals surface area (Å²) in [5, 5.41) is 3.18. The van der Waals surface area contributed by atoms with Crippen LogP contribution in [0.3, 0.4) is 0 Å². The third-order valence-corrected chi connectivity index (χ3v) is 2.53. The average Bonchev–Trinajstić information content (AvgIpc) is 2.19. The number of benzene rings is 1. The summed E-state index contributed by atoms with van der Waals surface area (Å²) < 4.78 is 26.2. The molecule has 0 aliphatic heterocycles. The van der Waals surface area contributed by atoms with E-state index in [-0.39, 0.29) is 11.4 Å². The predicted octanol–water partition coefficient (Wildman–Crippen LogP) is 3.46. The van der Waals surface area contributed by atoms with E-state index in [1.807, 2.05) is 13.8 Å². The van der Waals surface area contributed by atoms with Gasteiger partial charge in [0.15, 0.2) is 11.6 Å². The Morgan fingerprint density at radius 3 is 2.62 bits per heavy atom. The molecule has 0 saturated heterocycles. The van der Waals surface area contributed by atoms with Crippen LogP contribution >= 0.6 is 11.6 Å². The molecular weight excluding hydrogens is 232 g/mol. The highest BCUT2D eigenvalue weighted by atomic mass is 35.5. The number of nitrogens with one attached hydrogen (secondary N) is 1. The van der Waals surface area contributed by atoms with Crippen molar-refractivity contribution in [1.82, 2.24) is 5.32 Å². The van der Waals surface area contributed by atoms with Gasteiger partial charge in [-0.25, -0.2) is 8.78 Å². The van der Waals surface area contributed by atoms with Gasteiger partial charge in [0.05, 0.1) is 0 Å². The van der Waals surface area contributed by atoms with Gasteiger partial charge in [-0.05, 0) is 26.3 Å². The molecule has 1 nitrogen and oxygen atoms in total. The second-order valence-corrected chi connectivity index (χ2v) is 4.76. The van der Waals surface area contributed by atoms with Crippen molar-refractivity contribution in [2.24, 2.45) is 0 Å². The first kappa shape index (κ1) is 13.4. The maximum absolute atomic E-state index is 13.3. The number of rotatable bonds is 5. The van der Waals surface area contributed by atoms with Crippen molar-refractivity contribution in [3.8, 4) is 0 Å². The second kappa shape index (κ2) is 6.16. The molecule has 1 N–H and O–H groups in total. The molecule has 0 heterocycles. The summed E-state index contributed by atoms with van der Waals surface area (Å²) >= 11 is 5.84. The highest BCUT2D eigenvalue weighted by Gasteiger charge is 2.09. The van der Waals surface area contributed by atoms with Crippen LogP contribution < -0.4 is 5.32 Å². The SMILES string of the molecule is CC(Cl)CC(C)NCc1cccc(F)c1F. The zero-order valence-corrected chi connectivity index (χ0v) is 10.2. The Kier molecular flexibility index (Phi) is 5.16. The molecule has 0 amide bonds. The van der Waals surface area contributed by atoms with Gasteiger partial charge >= 0.3 is 0 Å². The molecule has 0 bridgehead atoms. The Balaban J connectivity index is 2.51. The summed E-state index contributed by atoms with van der Waals surface area (Å²) in [6, 6.07) is 4.37. The topological polar surface area (TPSA) is 12.0 Å². The van der Waals surface area contributed by atoms with Crippen molar-refractivity contribution in [2.75, 3.05) is 0 Å². The highest BCUT2D eigenvalue weighted by molar-refractivity contribution is 6.20. The van der Waals surface area contributed by atoms with E-state index in [1.165, 1.54) is 6.07 Å². The van der Waals surface area contributed by atoms with E-state index < -0.39 is 11.6 Å². The summed E-state index contributed by atoms with van der Waals surface area (Å²) in [6.07, 6.45) is 0.790. The lowest BCUT2D eigenvalue weighted by Gasteiger charge is -2.15. The van der Waals surface area contributed by atoms with Crippen LogP contribution in [0, 0.1) is 11.6 Å². The number of alkyl halides is 1. The van der Waals surface area contributed by atoms with E-state index in [0.717, 1.165) is 12.5 Å². The molecule has 0 spiro atoms. The maximum Gasteiger partial charge on any atom is 0.163 e. The van der Waals surface area contributed by atoms with Gasteiger partial charge in [0.1, 0.15) is 0 Å². The molecule has 1 aromatic rings. The summed E-state index contributed by atoms with van der Waals surface area (Å²) in [5.74, 6) is -1.58. The first-order valence-corrected chi connectivity index (χ1v) is 5.74. The Hall–Kier alpha value is -0.670. The lowest BCUT2D eigenvalue weighted by atomic mass is 10.1. The maximum atomic E-state index is 13.3. The van der Waals surface area contributed by atoms with Crippen LogP contribution in [0.25, 0.3) is 0 Å². The van der Waals surface area contributed by atoms with Crippen LogP contribution in [0.5, 0.6) is 0 Å². The summed E-state index contributed by atoms with van der Waals surface area (Å²) in [6.45, 7) is 4.19. The molecule has 2 unspecified atom stereocenters. The third kappa shape index (κ3) is 4.06. The van der Waals surface area contributed by atoms with Gasteiger partial charge in [-0.3, -0.25) is 0 Å². The minimum atomic E-state index is -0.808. The van der Waals surface area contributed by atoms with Crippen LogP contribution in [0.1, 0.15) is 25.8 Å². The Morgan fingerprint density at radius 1 is 1.31 bits per heavy atom. The van der Waals surface area contributed by atoms with Crippen molar-refractivity contribution in [2.45, 2.75) is 38.2 Å². The Labute approximate surface area is 99.8 Å². The molecule has 2 atom stereocenters. The van der Waals surface area contributed by atoms with Crippen LogP contribution in [-0.4, -0.2) is 11.4 Å². The van der Waals surface area contributed by atoms with Gasteiger partial charge in [0, 0.05) is 23.5 Å². The van der Waals surface area contributed by atoms with E-state index in [4.69, 9.17) is 11.6 Å². The zero-order valence-electron chi connectivity index (χ0n) is 9.43. The minimum absolute atomic E-state index is 0.0693. The minimum Gasteiger partial charge on any atom is -0.310 e. The van der Waals surface area contributed by atoms with Gasteiger partial charge < -0.3 is 5.32 Å². The number of hydrogen-bond donors (Lipinski definition) is 1. The van der Waals surface area contributed by atoms with Crippen LogP contribution in [0.2, 0.25) is 0 Å². The van der Waals surface area contributed by atoms with E-state index in [0.29, 0.717) is 12.1 Å². The van der Waals surface area contributed by atoms with Crippen LogP contribution in [0.4, 0.5) is 8.78 Å². The van der Waals surface area contributed by atoms with Crippen molar-refractivity contribution in [3.63, 3.8) is 0 Å². The average molecular weight is 248 g/mol. The quantitative estimate of drug-likeness (QED) is 0.786. The van der Waals surface area contributed by atoms with E-state index in [2.05, 4.69) is 5.32 Å². The highest BCUT2D eigenvalue weighted by Crippen LogP contribution is 2.12. The smallest absolute Gasteiger partial charge is 0.163 e. The standard InChI is InChI=1S/C12H16ClF2N/c1-8(13)6-9(2)16-7-10-4-3-5-11(14)12(10)15/h3-5,8-9,16H,6-7H2,1-2H3. The molecule has 0 saturated carbocycles. The molecule has 0 fully saturated rings. The Bertz CT molecular complexity index is 342. The summed E-state index contributed by atoms with van der Waals surface area (Å²) in [4.78, 5) is 0. The zero-order chi connectivity index (χ0) is 12.1. The monoisotopic (exact) mass is 247 g/mol. The fraction of sp³-hybridized carbons (Fsp3) is 0.500. The van der Waals surface area contributed by atoms with Crippen LogP contribution in [0.15, 0.2) is 18.2 Å². The first-order valence-electron chi connectivity index (χ1n) is 5.31. The van der Waals surface area contributed by atoms with Crippen LogP contribution in [-0.2, 0) is 6.54 Å². The third-order valence-electron chi connectivity index (χ3n) is 2.35. The molecule has 0 radical (unpaired) electrons. The van der Waals surface area contributed by atoms with Crippen molar-refractivity contribution in [3.05, 3.63) is 35.4 Å². The van der Waals surface area contributed by atoms with Crippen molar-refractivity contribution < 1.29 is 8.78 Å². The van der Waals surface area contributed by atoms with Gasteiger partial charge in [0.25, 0.3) is 0 Å². The fourth-order valence-corrected chi connectivity index (χ4v) is 1.81. The van der Waals surface area contributed by atoms with Crippen molar-refractivity contribution in [1.29, 1.82) is 0 Å². The first-order chi connectivity index (χ1) is 7.50. The van der Waals surface area contributed by atoms with Crippen molar-refractivity contribution >= 4 is 11.6 Å². The molecular formula is C12H16ClF2N. The molecule has 0 aliphatic carbocycles. The predicted molar refractivity (Wildman–Crippen MR) is 62.6 cm³/mol. The van der Waals surface area contributed by atoms with Gasteiger partial charge in [-0.2, -0.15) is 0 Å². The normalized spacial score (nSPS) is 14.8. The van der Waals surface area contributed by atoms with E-state index >= 15 is 0 Å². The van der Waals surface area contributed by atoms with Gasteiger partial charge in [-0.1, -0.05) is 12.1 Å². The van der Waals surface area contributed by atoms with Gasteiger partial charge in [-0.15, -0.1) is 11.6 Å². The number of halogens is 3. The number of hydrogen-bond acceptors (Lipinski definition) is 1. The molecule has 1 rings (SSSR count). The molecule has 4 heteroatoms. The second-order valence-electron chi connectivity index (χ2n) is 4.01. The molecule has 0 aromatic heterocycles. The van der Waals surface area contributed by atoms with Gasteiger partial charge in [0.2, 0.25) is 0 Å². The summed E-state index contributed by atoms with van der Waals surface area (Å²) in [5.41, 5.74) is 0.342. The molecule has 0 aliphatic rings. The molecule has 16 heavy (non-hydrogen) atoms. The fourth-order valence-electron chi connectivity index (χ4n) is 1.54.